The molecule has 1 amide bonds. The van der Waals surface area contributed by atoms with Gasteiger partial charge in [-0.15, -0.1) is 0 Å². The minimum atomic E-state index is -3.46. The Morgan fingerprint density at radius 3 is 2.39 bits per heavy atom. The maximum atomic E-state index is 12.3. The fourth-order valence-corrected chi connectivity index (χ4v) is 4.47. The highest BCUT2D eigenvalue weighted by molar-refractivity contribution is 7.89. The Morgan fingerprint density at radius 2 is 1.74 bits per heavy atom. The molecule has 1 saturated carbocycles. The van der Waals surface area contributed by atoms with Crippen molar-refractivity contribution in [1.82, 2.24) is 9.88 Å². The number of carbonyl (C=O) groups excluding carboxylic acids is 1. The monoisotopic (exact) mass is 439 g/mol. The molecule has 31 heavy (non-hydrogen) atoms. The van der Waals surface area contributed by atoms with Gasteiger partial charge in [0.05, 0.1) is 4.90 Å². The molecule has 0 aliphatic heterocycles. The summed E-state index contributed by atoms with van der Waals surface area (Å²) in [5, 5.41) is 6.73. The zero-order valence-corrected chi connectivity index (χ0v) is 18.1. The minimum absolute atomic E-state index is 0.0701. The Kier molecular flexibility index (Phi) is 6.20. The first-order valence-electron chi connectivity index (χ1n) is 10.4. The van der Waals surface area contributed by atoms with Gasteiger partial charge in [0.15, 0.2) is 0 Å². The van der Waals surface area contributed by atoms with Crippen LogP contribution in [0, 0.1) is 0 Å². The predicted molar refractivity (Wildman–Crippen MR) is 118 cm³/mol. The third-order valence-corrected chi connectivity index (χ3v) is 6.74. The third kappa shape index (κ3) is 5.59. The molecule has 7 nitrogen and oxygen atoms in total. The van der Waals surface area contributed by atoms with Gasteiger partial charge < -0.3 is 4.52 Å². The highest BCUT2D eigenvalue weighted by Gasteiger charge is 2.27. The molecule has 1 aromatic heterocycles. The summed E-state index contributed by atoms with van der Waals surface area (Å²) in [5.74, 6) is 0.100. The Hall–Kier alpha value is -2.97. The van der Waals surface area contributed by atoms with Crippen molar-refractivity contribution in [3.05, 3.63) is 65.7 Å². The van der Waals surface area contributed by atoms with E-state index in [9.17, 15) is 13.2 Å². The number of hydrogen-bond donors (Lipinski definition) is 2. The summed E-state index contributed by atoms with van der Waals surface area (Å²) in [5.41, 5.74) is 3.71. The molecule has 0 unspecified atom stereocenters. The van der Waals surface area contributed by atoms with Crippen LogP contribution in [0.15, 0.2) is 64.0 Å². The smallest absolute Gasteiger partial charge is 0.240 e. The third-order valence-electron chi connectivity index (χ3n) is 5.20. The van der Waals surface area contributed by atoms with Crippen molar-refractivity contribution in [2.75, 3.05) is 5.32 Å². The van der Waals surface area contributed by atoms with E-state index in [2.05, 4.69) is 22.1 Å². The average molecular weight is 440 g/mol. The van der Waals surface area contributed by atoms with Crippen molar-refractivity contribution in [3.63, 3.8) is 0 Å². The van der Waals surface area contributed by atoms with Crippen LogP contribution in [0.2, 0.25) is 0 Å². The van der Waals surface area contributed by atoms with Crippen LogP contribution in [-0.4, -0.2) is 25.5 Å². The van der Waals surface area contributed by atoms with Gasteiger partial charge in [-0.2, -0.15) is 0 Å². The van der Waals surface area contributed by atoms with Crippen LogP contribution < -0.4 is 10.0 Å². The van der Waals surface area contributed by atoms with Crippen molar-refractivity contribution < 1.29 is 17.7 Å². The minimum Gasteiger partial charge on any atom is -0.338 e. The number of nitrogens with zero attached hydrogens (tertiary/aromatic N) is 1. The average Bonchev–Trinajstić information content (AvgIpc) is 3.46. The first-order chi connectivity index (χ1) is 14.9. The highest BCUT2D eigenvalue weighted by atomic mass is 32.2. The second kappa shape index (κ2) is 9.03. The van der Waals surface area contributed by atoms with E-state index >= 15 is 0 Å². The van der Waals surface area contributed by atoms with E-state index < -0.39 is 10.0 Å². The number of rotatable bonds is 9. The van der Waals surface area contributed by atoms with Crippen molar-refractivity contribution >= 4 is 21.8 Å². The SMILES string of the molecule is CCc1ccc(-c2cc(NC(=O)CCc3ccc(S(=O)(=O)NC4CC4)cc3)on2)cc1. The van der Waals surface area contributed by atoms with Gasteiger partial charge in [-0.1, -0.05) is 48.5 Å². The van der Waals surface area contributed by atoms with Gasteiger partial charge in [0.2, 0.25) is 21.8 Å². The van der Waals surface area contributed by atoms with E-state index in [0.29, 0.717) is 18.0 Å². The fraction of sp³-hybridized carbons (Fsp3) is 0.304. The highest BCUT2D eigenvalue weighted by Crippen LogP contribution is 2.23. The van der Waals surface area contributed by atoms with Gasteiger partial charge >= 0.3 is 0 Å². The molecule has 1 aliphatic carbocycles. The predicted octanol–water partition coefficient (Wildman–Crippen LogP) is 3.92. The first kappa shape index (κ1) is 21.3. The van der Waals surface area contributed by atoms with Crippen LogP contribution in [0.25, 0.3) is 11.3 Å². The zero-order valence-electron chi connectivity index (χ0n) is 17.3. The number of nitrogens with one attached hydrogen (secondary N) is 2. The number of carbonyl (C=O) groups is 1. The molecule has 3 aromatic rings. The largest absolute Gasteiger partial charge is 0.338 e. The van der Waals surface area contributed by atoms with Crippen molar-refractivity contribution in [2.45, 2.75) is 50.0 Å². The van der Waals surface area contributed by atoms with Gasteiger partial charge in [0.1, 0.15) is 5.69 Å². The Morgan fingerprint density at radius 1 is 1.06 bits per heavy atom. The van der Waals surface area contributed by atoms with Crippen LogP contribution in [0.4, 0.5) is 5.88 Å². The standard InChI is InChI=1S/C23H25N3O4S/c1-2-16-3-8-18(9-4-16)21-15-23(30-25-21)24-22(27)14-7-17-5-12-20(13-6-17)31(28,29)26-19-10-11-19/h3-6,8-9,12-13,15,19,26H,2,7,10-11,14H2,1H3,(H,24,27). The normalized spacial score (nSPS) is 13.8. The molecule has 0 radical (unpaired) electrons. The zero-order chi connectivity index (χ0) is 21.8. The molecule has 1 fully saturated rings. The van der Waals surface area contributed by atoms with Gasteiger partial charge in [-0.3, -0.25) is 10.1 Å². The number of benzene rings is 2. The summed E-state index contributed by atoms with van der Waals surface area (Å²) in [6.07, 6.45) is 3.49. The van der Waals surface area contributed by atoms with Crippen molar-refractivity contribution in [3.8, 4) is 11.3 Å². The van der Waals surface area contributed by atoms with Gasteiger partial charge in [0, 0.05) is 24.1 Å². The fourth-order valence-electron chi connectivity index (χ4n) is 3.16. The molecule has 2 aromatic carbocycles. The molecule has 1 aliphatic rings. The second-order valence-electron chi connectivity index (χ2n) is 7.71. The van der Waals surface area contributed by atoms with E-state index in [-0.39, 0.29) is 23.3 Å². The molecular weight excluding hydrogens is 414 g/mol. The van der Waals surface area contributed by atoms with Crippen LogP contribution in [0.1, 0.15) is 37.3 Å². The van der Waals surface area contributed by atoms with E-state index in [1.807, 2.05) is 24.3 Å². The van der Waals surface area contributed by atoms with Crippen molar-refractivity contribution in [1.29, 1.82) is 0 Å². The van der Waals surface area contributed by atoms with Crippen LogP contribution in [0.5, 0.6) is 0 Å². The maximum Gasteiger partial charge on any atom is 0.240 e. The molecule has 0 atom stereocenters. The molecule has 1 heterocycles. The number of hydrogen-bond acceptors (Lipinski definition) is 5. The molecular formula is C23H25N3O4S. The lowest BCUT2D eigenvalue weighted by molar-refractivity contribution is -0.116. The molecule has 8 heteroatoms. The Balaban J connectivity index is 1.29. The summed E-state index contributed by atoms with van der Waals surface area (Å²) in [6.45, 7) is 2.10. The van der Waals surface area contributed by atoms with E-state index in [4.69, 9.17) is 4.52 Å². The molecule has 4 rings (SSSR count). The topological polar surface area (TPSA) is 101 Å². The molecule has 162 valence electrons. The van der Waals surface area contributed by atoms with Gasteiger partial charge in [0.25, 0.3) is 0 Å². The number of sulfonamides is 1. The molecule has 0 spiro atoms. The number of amides is 1. The number of aryl methyl sites for hydroxylation is 2. The summed E-state index contributed by atoms with van der Waals surface area (Å²) in [6, 6.07) is 16.4. The molecule has 2 N–H and O–H groups in total. The summed E-state index contributed by atoms with van der Waals surface area (Å²) < 4.78 is 32.3. The second-order valence-corrected chi connectivity index (χ2v) is 9.43. The van der Waals surface area contributed by atoms with Crippen LogP contribution >= 0.6 is 0 Å². The lowest BCUT2D eigenvalue weighted by Crippen LogP contribution is -2.25. The lowest BCUT2D eigenvalue weighted by atomic mass is 10.1. The van der Waals surface area contributed by atoms with E-state index in [1.165, 1.54) is 5.56 Å². The maximum absolute atomic E-state index is 12.3. The van der Waals surface area contributed by atoms with Gasteiger partial charge in [-0.05, 0) is 48.9 Å². The van der Waals surface area contributed by atoms with Crippen molar-refractivity contribution in [2.24, 2.45) is 0 Å². The summed E-state index contributed by atoms with van der Waals surface area (Å²) in [7, 11) is -3.46. The number of anilines is 1. The van der Waals surface area contributed by atoms with Gasteiger partial charge in [-0.25, -0.2) is 13.1 Å². The van der Waals surface area contributed by atoms with Crippen LogP contribution in [0.3, 0.4) is 0 Å². The van der Waals surface area contributed by atoms with E-state index in [0.717, 1.165) is 30.4 Å². The number of aromatic nitrogens is 1. The lowest BCUT2D eigenvalue weighted by Gasteiger charge is -2.07. The molecule has 0 saturated heterocycles. The quantitative estimate of drug-likeness (QED) is 0.526. The van der Waals surface area contributed by atoms with E-state index in [1.54, 1.807) is 30.3 Å². The summed E-state index contributed by atoms with van der Waals surface area (Å²) >= 11 is 0. The summed E-state index contributed by atoms with van der Waals surface area (Å²) in [4.78, 5) is 12.5. The molecule has 0 bridgehead atoms. The van der Waals surface area contributed by atoms with Crippen LogP contribution in [-0.2, 0) is 27.7 Å². The Bertz CT molecular complexity index is 1150. The first-order valence-corrected chi connectivity index (χ1v) is 11.9. The Labute approximate surface area is 181 Å².